The van der Waals surface area contributed by atoms with Crippen LogP contribution < -0.4 is 0 Å². The highest BCUT2D eigenvalue weighted by Crippen LogP contribution is 2.38. The minimum Gasteiger partial charge on any atom is -0.455 e. The molecule has 1 heterocycles. The first-order valence-electron chi connectivity index (χ1n) is 15.1. The molecule has 8 rings (SSSR count). The van der Waals surface area contributed by atoms with Crippen molar-refractivity contribution in [2.24, 2.45) is 0 Å². The Labute approximate surface area is 262 Å². The normalized spacial score (nSPS) is 11.1. The number of hydrogen-bond acceptors (Lipinski definition) is 2. The van der Waals surface area contributed by atoms with E-state index in [0.29, 0.717) is 5.56 Å². The van der Waals surface area contributed by atoms with Crippen molar-refractivity contribution >= 4 is 21.9 Å². The predicted octanol–water partition coefficient (Wildman–Crippen LogP) is 11.8. The van der Waals surface area contributed by atoms with Crippen molar-refractivity contribution < 1.29 is 4.42 Å². The lowest BCUT2D eigenvalue weighted by molar-refractivity contribution is 0.670. The number of nitrogens with zero attached hydrogens (tertiary/aromatic N) is 1. The quantitative estimate of drug-likeness (QED) is 0.205. The molecule has 2 heteroatoms. The van der Waals surface area contributed by atoms with Gasteiger partial charge in [0.2, 0.25) is 0 Å². The van der Waals surface area contributed by atoms with E-state index < -0.39 is 0 Å². The third kappa shape index (κ3) is 4.97. The summed E-state index contributed by atoms with van der Waals surface area (Å²) in [6, 6.07) is 59.2. The van der Waals surface area contributed by atoms with Gasteiger partial charge in [-0.1, -0.05) is 121 Å². The van der Waals surface area contributed by atoms with E-state index in [0.717, 1.165) is 55.3 Å². The standard InChI is InChI=1S/C43H27NO/c44-28-29-22-34(27-38(23-29)39-15-9-16-41-40-14-7-8-17-42(40)45-43(39)41)32-18-20-33(21-19-32)37-25-35(30-10-3-1-4-11-30)24-36(26-37)31-12-5-2-6-13-31/h1-27H. The summed E-state index contributed by atoms with van der Waals surface area (Å²) >= 11 is 0. The highest BCUT2D eigenvalue weighted by Gasteiger charge is 2.14. The summed E-state index contributed by atoms with van der Waals surface area (Å²) in [4.78, 5) is 0. The first kappa shape index (κ1) is 26.5. The molecule has 45 heavy (non-hydrogen) atoms. The molecule has 0 aliphatic rings. The summed E-state index contributed by atoms with van der Waals surface area (Å²) in [5, 5.41) is 12.1. The van der Waals surface area contributed by atoms with Crippen LogP contribution in [-0.2, 0) is 0 Å². The summed E-state index contributed by atoms with van der Waals surface area (Å²) in [5.74, 6) is 0. The van der Waals surface area contributed by atoms with Gasteiger partial charge in [0.25, 0.3) is 0 Å². The number of para-hydroxylation sites is 2. The Kier molecular flexibility index (Phi) is 6.56. The molecular weight excluding hydrogens is 546 g/mol. The van der Waals surface area contributed by atoms with Crippen LogP contribution in [0.3, 0.4) is 0 Å². The Morgan fingerprint density at radius 2 is 0.844 bits per heavy atom. The molecule has 0 bridgehead atoms. The van der Waals surface area contributed by atoms with Crippen molar-refractivity contribution in [3.63, 3.8) is 0 Å². The lowest BCUT2D eigenvalue weighted by atomic mass is 9.92. The molecule has 0 aliphatic carbocycles. The molecule has 0 spiro atoms. The van der Waals surface area contributed by atoms with Crippen molar-refractivity contribution in [3.8, 4) is 61.7 Å². The molecule has 0 amide bonds. The van der Waals surface area contributed by atoms with E-state index in [1.54, 1.807) is 0 Å². The van der Waals surface area contributed by atoms with Crippen molar-refractivity contribution in [1.29, 1.82) is 5.26 Å². The zero-order valence-electron chi connectivity index (χ0n) is 24.4. The molecule has 0 N–H and O–H groups in total. The summed E-state index contributed by atoms with van der Waals surface area (Å²) in [6.07, 6.45) is 0. The maximum absolute atomic E-state index is 9.97. The van der Waals surface area contributed by atoms with Crippen molar-refractivity contribution in [2.45, 2.75) is 0 Å². The Bertz CT molecular complexity index is 2300. The van der Waals surface area contributed by atoms with Gasteiger partial charge in [0.1, 0.15) is 11.2 Å². The zero-order valence-corrected chi connectivity index (χ0v) is 24.4. The van der Waals surface area contributed by atoms with Gasteiger partial charge in [0.15, 0.2) is 0 Å². The Morgan fingerprint density at radius 3 is 1.44 bits per heavy atom. The highest BCUT2D eigenvalue weighted by molar-refractivity contribution is 6.09. The van der Waals surface area contributed by atoms with Gasteiger partial charge < -0.3 is 4.42 Å². The van der Waals surface area contributed by atoms with Crippen LogP contribution in [0.25, 0.3) is 77.6 Å². The van der Waals surface area contributed by atoms with Crippen LogP contribution in [0.15, 0.2) is 168 Å². The molecule has 0 saturated heterocycles. The van der Waals surface area contributed by atoms with Gasteiger partial charge in [-0.25, -0.2) is 0 Å². The molecule has 210 valence electrons. The largest absolute Gasteiger partial charge is 0.455 e. The van der Waals surface area contributed by atoms with Crippen LogP contribution in [0.2, 0.25) is 0 Å². The maximum atomic E-state index is 9.97. The second kappa shape index (κ2) is 11.2. The van der Waals surface area contributed by atoms with Crippen molar-refractivity contribution in [1.82, 2.24) is 0 Å². The average Bonchev–Trinajstić information content (AvgIpc) is 3.51. The number of nitriles is 1. The van der Waals surface area contributed by atoms with Crippen molar-refractivity contribution in [3.05, 3.63) is 169 Å². The maximum Gasteiger partial charge on any atom is 0.143 e. The van der Waals surface area contributed by atoms with Crippen LogP contribution in [0.4, 0.5) is 0 Å². The highest BCUT2D eigenvalue weighted by atomic mass is 16.3. The van der Waals surface area contributed by atoms with Crippen LogP contribution in [-0.4, -0.2) is 0 Å². The SMILES string of the molecule is N#Cc1cc(-c2ccc(-c3cc(-c4ccccc4)cc(-c4ccccc4)c3)cc2)cc(-c2cccc3c2oc2ccccc23)c1. The predicted molar refractivity (Wildman–Crippen MR) is 186 cm³/mol. The van der Waals surface area contributed by atoms with Crippen LogP contribution >= 0.6 is 0 Å². The van der Waals surface area contributed by atoms with Gasteiger partial charge in [0.05, 0.1) is 11.6 Å². The molecule has 0 saturated carbocycles. The van der Waals surface area contributed by atoms with E-state index in [1.807, 2.05) is 42.5 Å². The minimum absolute atomic E-state index is 0.614. The monoisotopic (exact) mass is 573 g/mol. The molecule has 7 aromatic carbocycles. The number of furan rings is 1. The van der Waals surface area contributed by atoms with E-state index in [-0.39, 0.29) is 0 Å². The molecule has 2 nitrogen and oxygen atoms in total. The third-order valence-corrected chi connectivity index (χ3v) is 8.48. The van der Waals surface area contributed by atoms with Gasteiger partial charge in [-0.15, -0.1) is 0 Å². The lowest BCUT2D eigenvalue weighted by Gasteiger charge is -2.12. The second-order valence-electron chi connectivity index (χ2n) is 11.3. The van der Waals surface area contributed by atoms with Crippen molar-refractivity contribution in [2.75, 3.05) is 0 Å². The molecule has 0 atom stereocenters. The first-order valence-corrected chi connectivity index (χ1v) is 15.1. The fraction of sp³-hybridized carbons (Fsp3) is 0. The first-order chi connectivity index (χ1) is 22.2. The fourth-order valence-electron chi connectivity index (χ4n) is 6.23. The smallest absolute Gasteiger partial charge is 0.143 e. The fourth-order valence-corrected chi connectivity index (χ4v) is 6.23. The summed E-state index contributed by atoms with van der Waals surface area (Å²) in [6.45, 7) is 0. The topological polar surface area (TPSA) is 36.9 Å². The molecule has 1 aromatic heterocycles. The van der Waals surface area contributed by atoms with E-state index in [9.17, 15) is 5.26 Å². The number of hydrogen-bond donors (Lipinski definition) is 0. The van der Waals surface area contributed by atoms with Gasteiger partial charge in [-0.05, 0) is 92.5 Å². The summed E-state index contributed by atoms with van der Waals surface area (Å²) in [7, 11) is 0. The molecule has 8 aromatic rings. The zero-order chi connectivity index (χ0) is 30.2. The second-order valence-corrected chi connectivity index (χ2v) is 11.3. The van der Waals surface area contributed by atoms with E-state index in [4.69, 9.17) is 4.42 Å². The Balaban J connectivity index is 1.21. The van der Waals surface area contributed by atoms with Crippen LogP contribution in [0.5, 0.6) is 0 Å². The van der Waals surface area contributed by atoms with E-state index in [2.05, 4.69) is 127 Å². The van der Waals surface area contributed by atoms with E-state index >= 15 is 0 Å². The van der Waals surface area contributed by atoms with Gasteiger partial charge in [-0.2, -0.15) is 5.26 Å². The summed E-state index contributed by atoms with van der Waals surface area (Å²) in [5.41, 5.74) is 13.3. The average molecular weight is 574 g/mol. The molecule has 0 radical (unpaired) electrons. The van der Waals surface area contributed by atoms with Crippen LogP contribution in [0, 0.1) is 11.3 Å². The Morgan fingerprint density at radius 1 is 0.378 bits per heavy atom. The molecule has 0 aliphatic heterocycles. The summed E-state index contributed by atoms with van der Waals surface area (Å²) < 4.78 is 6.32. The molecule has 0 unspecified atom stereocenters. The van der Waals surface area contributed by atoms with Gasteiger partial charge in [-0.3, -0.25) is 0 Å². The molecular formula is C43H27NO. The number of fused-ring (bicyclic) bond motifs is 3. The van der Waals surface area contributed by atoms with E-state index in [1.165, 1.54) is 22.3 Å². The number of benzene rings is 7. The number of rotatable bonds is 5. The van der Waals surface area contributed by atoms with Gasteiger partial charge in [0, 0.05) is 16.3 Å². The minimum atomic E-state index is 0.614. The third-order valence-electron chi connectivity index (χ3n) is 8.48. The molecule has 0 fully saturated rings. The lowest BCUT2D eigenvalue weighted by Crippen LogP contribution is -1.88. The van der Waals surface area contributed by atoms with Crippen LogP contribution in [0.1, 0.15) is 5.56 Å². The Hall–Kier alpha value is -6.17. The van der Waals surface area contributed by atoms with Gasteiger partial charge >= 0.3 is 0 Å².